The van der Waals surface area contributed by atoms with Crippen LogP contribution in [0.15, 0.2) is 60.7 Å². The second-order valence-electron chi connectivity index (χ2n) is 8.92. The van der Waals surface area contributed by atoms with E-state index in [9.17, 15) is 9.59 Å². The van der Waals surface area contributed by atoms with E-state index in [-0.39, 0.29) is 31.1 Å². The van der Waals surface area contributed by atoms with Gasteiger partial charge in [-0.2, -0.15) is 0 Å². The Hall–Kier alpha value is -3.91. The Kier molecular flexibility index (Phi) is 7.10. The first kappa shape index (κ1) is 24.8. The van der Waals surface area contributed by atoms with E-state index in [4.69, 9.17) is 30.5 Å². The topological polar surface area (TPSA) is 86.3 Å². The highest BCUT2D eigenvalue weighted by atomic mass is 35.5. The van der Waals surface area contributed by atoms with Crippen LogP contribution in [0.4, 0.5) is 0 Å². The van der Waals surface area contributed by atoms with Gasteiger partial charge in [-0.25, -0.2) is 0 Å². The first-order valence-corrected chi connectivity index (χ1v) is 12.3. The second-order valence-corrected chi connectivity index (χ2v) is 9.32. The molecule has 3 aromatic carbocycles. The minimum Gasteiger partial charge on any atom is -0.497 e. The van der Waals surface area contributed by atoms with Crippen LogP contribution in [0.5, 0.6) is 23.0 Å². The molecule has 2 heterocycles. The molecular formula is C28H27ClN2O6. The normalized spacial score (nSPS) is 18.0. The number of nitrogens with one attached hydrogen (secondary N) is 1. The van der Waals surface area contributed by atoms with Crippen molar-refractivity contribution < 1.29 is 28.5 Å². The minimum absolute atomic E-state index is 0.157. The number of carbonyl (C=O) groups excluding carboxylic acids is 2. The number of likely N-dealkylation sites (tertiary alicyclic amines) is 1. The van der Waals surface area contributed by atoms with Crippen LogP contribution in [0.1, 0.15) is 27.4 Å². The minimum atomic E-state index is -0.497. The zero-order valence-electron chi connectivity index (χ0n) is 20.5. The van der Waals surface area contributed by atoms with Gasteiger partial charge >= 0.3 is 0 Å². The van der Waals surface area contributed by atoms with Crippen LogP contribution < -0.4 is 24.3 Å². The highest BCUT2D eigenvalue weighted by Crippen LogP contribution is 2.40. The average Bonchev–Trinajstić information content (AvgIpc) is 3.58. The smallest absolute Gasteiger partial charge is 0.255 e. The molecule has 0 unspecified atom stereocenters. The van der Waals surface area contributed by atoms with E-state index in [0.717, 1.165) is 11.1 Å². The van der Waals surface area contributed by atoms with Crippen LogP contribution in [0.3, 0.4) is 0 Å². The molecule has 37 heavy (non-hydrogen) atoms. The lowest BCUT2D eigenvalue weighted by molar-refractivity contribution is -0.125. The molecule has 192 valence electrons. The molecule has 9 heteroatoms. The maximum atomic E-state index is 13.5. The predicted octanol–water partition coefficient (Wildman–Crippen LogP) is 4.26. The highest BCUT2D eigenvalue weighted by molar-refractivity contribution is 6.33. The average molecular weight is 523 g/mol. The lowest BCUT2D eigenvalue weighted by Gasteiger charge is -2.21. The zero-order valence-corrected chi connectivity index (χ0v) is 21.3. The third-order valence-corrected chi connectivity index (χ3v) is 7.12. The summed E-state index contributed by atoms with van der Waals surface area (Å²) >= 11 is 6.31. The maximum absolute atomic E-state index is 13.5. The van der Waals surface area contributed by atoms with E-state index >= 15 is 0 Å². The standard InChI is InChI=1S/C28H27ClN2O6/c1-34-18-8-9-19(25(12-18)35-2)21-14-31(28(33)20-5-3-4-6-23(20)29)15-22(21)27(32)30-13-17-7-10-24-26(11-17)37-16-36-24/h3-12,21-22H,13-16H2,1-2H3,(H,30,32)/t21-,22-/m0/s1. The second kappa shape index (κ2) is 10.6. The third kappa shape index (κ3) is 5.02. The number of ether oxygens (including phenoxy) is 4. The van der Waals surface area contributed by atoms with Crippen molar-refractivity contribution in [2.45, 2.75) is 12.5 Å². The van der Waals surface area contributed by atoms with Crippen molar-refractivity contribution in [2.75, 3.05) is 34.1 Å². The molecule has 1 N–H and O–H groups in total. The van der Waals surface area contributed by atoms with Crippen molar-refractivity contribution in [1.29, 1.82) is 0 Å². The van der Waals surface area contributed by atoms with Crippen LogP contribution in [0.25, 0.3) is 0 Å². The number of halogens is 1. The number of rotatable bonds is 7. The summed E-state index contributed by atoms with van der Waals surface area (Å²) in [4.78, 5) is 28.6. The molecule has 1 saturated heterocycles. The van der Waals surface area contributed by atoms with Crippen molar-refractivity contribution in [1.82, 2.24) is 10.2 Å². The monoisotopic (exact) mass is 522 g/mol. The van der Waals surface area contributed by atoms with Gasteiger partial charge in [0.1, 0.15) is 11.5 Å². The van der Waals surface area contributed by atoms with Gasteiger partial charge in [0.25, 0.3) is 5.91 Å². The molecule has 0 bridgehead atoms. The van der Waals surface area contributed by atoms with E-state index in [1.807, 2.05) is 30.3 Å². The molecule has 0 aromatic heterocycles. The number of benzene rings is 3. The fraction of sp³-hybridized carbons (Fsp3) is 0.286. The Bertz CT molecular complexity index is 1330. The van der Waals surface area contributed by atoms with Crippen molar-refractivity contribution >= 4 is 23.4 Å². The lowest BCUT2D eigenvalue weighted by atomic mass is 9.87. The van der Waals surface area contributed by atoms with Gasteiger partial charge in [0, 0.05) is 37.2 Å². The lowest BCUT2D eigenvalue weighted by Crippen LogP contribution is -2.35. The van der Waals surface area contributed by atoms with Crippen LogP contribution in [-0.4, -0.2) is 50.8 Å². The maximum Gasteiger partial charge on any atom is 0.255 e. The van der Waals surface area contributed by atoms with Gasteiger partial charge in [0.05, 0.1) is 30.7 Å². The molecule has 0 aliphatic carbocycles. The van der Waals surface area contributed by atoms with Crippen molar-refractivity contribution in [3.63, 3.8) is 0 Å². The summed E-state index contributed by atoms with van der Waals surface area (Å²) in [5.41, 5.74) is 2.13. The molecule has 1 fully saturated rings. The fourth-order valence-corrected chi connectivity index (χ4v) is 5.07. The third-order valence-electron chi connectivity index (χ3n) is 6.79. The quantitative estimate of drug-likeness (QED) is 0.499. The summed E-state index contributed by atoms with van der Waals surface area (Å²) in [6.45, 7) is 1.09. The molecular weight excluding hydrogens is 496 g/mol. The number of fused-ring (bicyclic) bond motifs is 1. The number of hydrogen-bond donors (Lipinski definition) is 1. The molecule has 5 rings (SSSR count). The van der Waals surface area contributed by atoms with E-state index in [1.54, 1.807) is 49.5 Å². The summed E-state index contributed by atoms with van der Waals surface area (Å²) in [5.74, 6) is 1.43. The van der Waals surface area contributed by atoms with Crippen molar-refractivity contribution in [3.05, 3.63) is 82.4 Å². The molecule has 0 radical (unpaired) electrons. The Morgan fingerprint density at radius 2 is 1.81 bits per heavy atom. The van der Waals surface area contributed by atoms with E-state index < -0.39 is 5.92 Å². The SMILES string of the molecule is COc1ccc([C@@H]2CN(C(=O)c3ccccc3Cl)C[C@@H]2C(=O)NCc2ccc3c(c2)OCO3)c(OC)c1. The van der Waals surface area contributed by atoms with E-state index in [1.165, 1.54) is 0 Å². The van der Waals surface area contributed by atoms with Gasteiger partial charge in [-0.15, -0.1) is 0 Å². The Balaban J connectivity index is 1.40. The largest absolute Gasteiger partial charge is 0.497 e. The van der Waals surface area contributed by atoms with Gasteiger partial charge in [-0.3, -0.25) is 9.59 Å². The van der Waals surface area contributed by atoms with Gasteiger partial charge in [-0.05, 0) is 35.9 Å². The Labute approximate surface area is 220 Å². The number of methoxy groups -OCH3 is 2. The number of hydrogen-bond acceptors (Lipinski definition) is 6. The molecule has 2 amide bonds. The van der Waals surface area contributed by atoms with Crippen molar-refractivity contribution in [3.8, 4) is 23.0 Å². The first-order chi connectivity index (χ1) is 18.0. The zero-order chi connectivity index (χ0) is 25.9. The molecule has 0 saturated carbocycles. The van der Waals surface area contributed by atoms with Gasteiger partial charge in [-0.1, -0.05) is 35.9 Å². The van der Waals surface area contributed by atoms with Gasteiger partial charge in [0.15, 0.2) is 11.5 Å². The molecule has 2 aliphatic heterocycles. The summed E-state index contributed by atoms with van der Waals surface area (Å²) in [7, 11) is 3.16. The van der Waals surface area contributed by atoms with Crippen LogP contribution in [0, 0.1) is 5.92 Å². The summed E-state index contributed by atoms with van der Waals surface area (Å²) in [6, 6.07) is 18.0. The van der Waals surface area contributed by atoms with Crippen LogP contribution in [-0.2, 0) is 11.3 Å². The predicted molar refractivity (Wildman–Crippen MR) is 138 cm³/mol. The number of carbonyl (C=O) groups is 2. The molecule has 2 atom stereocenters. The summed E-state index contributed by atoms with van der Waals surface area (Å²) in [6.07, 6.45) is 0. The van der Waals surface area contributed by atoms with Gasteiger partial charge < -0.3 is 29.2 Å². The summed E-state index contributed by atoms with van der Waals surface area (Å²) < 4.78 is 21.8. The number of amides is 2. The molecule has 2 aliphatic rings. The fourth-order valence-electron chi connectivity index (χ4n) is 4.85. The highest BCUT2D eigenvalue weighted by Gasteiger charge is 2.42. The first-order valence-electron chi connectivity index (χ1n) is 11.9. The Morgan fingerprint density at radius 1 is 1.00 bits per heavy atom. The molecule has 3 aromatic rings. The van der Waals surface area contributed by atoms with E-state index in [2.05, 4.69) is 5.32 Å². The van der Waals surface area contributed by atoms with Crippen LogP contribution >= 0.6 is 11.6 Å². The number of nitrogens with zero attached hydrogens (tertiary/aromatic N) is 1. The Morgan fingerprint density at radius 3 is 2.59 bits per heavy atom. The summed E-state index contributed by atoms with van der Waals surface area (Å²) in [5, 5.41) is 3.41. The van der Waals surface area contributed by atoms with Gasteiger partial charge in [0.2, 0.25) is 12.7 Å². The van der Waals surface area contributed by atoms with Crippen molar-refractivity contribution in [2.24, 2.45) is 5.92 Å². The molecule has 0 spiro atoms. The molecule has 8 nitrogen and oxygen atoms in total. The van der Waals surface area contributed by atoms with E-state index in [0.29, 0.717) is 46.7 Å². The van der Waals surface area contributed by atoms with Crippen LogP contribution in [0.2, 0.25) is 5.02 Å².